The van der Waals surface area contributed by atoms with E-state index >= 15 is 0 Å². The molecule has 1 fully saturated rings. The highest BCUT2D eigenvalue weighted by Crippen LogP contribution is 2.26. The zero-order chi connectivity index (χ0) is 16.4. The number of aromatic amines is 1. The molecular weight excluding hydrogens is 306 g/mol. The molecule has 1 amide bonds. The van der Waals surface area contributed by atoms with Crippen LogP contribution in [0, 0.1) is 0 Å². The Balaban J connectivity index is 1.59. The van der Waals surface area contributed by atoms with Crippen LogP contribution in [-0.2, 0) is 22.5 Å². The van der Waals surface area contributed by atoms with Gasteiger partial charge < -0.3 is 14.6 Å². The van der Waals surface area contributed by atoms with Gasteiger partial charge in [-0.25, -0.2) is 4.98 Å². The number of morpholine rings is 1. The van der Waals surface area contributed by atoms with Crippen molar-refractivity contribution in [2.75, 3.05) is 32.8 Å². The average molecular weight is 327 g/mol. The summed E-state index contributed by atoms with van der Waals surface area (Å²) in [5.41, 5.74) is 3.06. The summed E-state index contributed by atoms with van der Waals surface area (Å²) in [5, 5.41) is 0. The molecule has 0 spiro atoms. The lowest BCUT2D eigenvalue weighted by Gasteiger charge is -2.37. The van der Waals surface area contributed by atoms with E-state index in [0.29, 0.717) is 26.3 Å². The second-order valence-corrected chi connectivity index (χ2v) is 6.17. The summed E-state index contributed by atoms with van der Waals surface area (Å²) < 4.78 is 5.45. The van der Waals surface area contributed by atoms with Gasteiger partial charge in [-0.2, -0.15) is 0 Å². The highest BCUT2D eigenvalue weighted by Gasteiger charge is 2.34. The van der Waals surface area contributed by atoms with Gasteiger partial charge in [0.15, 0.2) is 0 Å². The molecule has 0 radical (unpaired) electrons. The van der Waals surface area contributed by atoms with E-state index in [9.17, 15) is 4.79 Å². The third kappa shape index (κ3) is 2.92. The molecule has 24 heavy (non-hydrogen) atoms. The van der Waals surface area contributed by atoms with Crippen molar-refractivity contribution in [3.63, 3.8) is 0 Å². The number of nitrogens with one attached hydrogen (secondary N) is 1. The molecule has 0 aliphatic carbocycles. The molecule has 0 aromatic carbocycles. The zero-order valence-corrected chi connectivity index (χ0v) is 13.5. The normalized spacial score (nSPS) is 19.8. The summed E-state index contributed by atoms with van der Waals surface area (Å²) in [6.45, 7) is 4.14. The Bertz CT molecular complexity index is 696. The van der Waals surface area contributed by atoms with E-state index in [2.05, 4.69) is 19.9 Å². The second-order valence-electron chi connectivity index (χ2n) is 6.17. The highest BCUT2D eigenvalue weighted by atomic mass is 16.5. The van der Waals surface area contributed by atoms with E-state index in [1.165, 1.54) is 0 Å². The quantitative estimate of drug-likeness (QED) is 0.901. The van der Waals surface area contributed by atoms with Crippen LogP contribution in [0.3, 0.4) is 0 Å². The van der Waals surface area contributed by atoms with E-state index in [1.807, 2.05) is 17.0 Å². The molecule has 2 aliphatic heterocycles. The Labute approximate surface area is 140 Å². The standard InChI is InChI=1S/C17H21N5O2/c23-17(22-5-3-14-15(11-22)20-12-19-14)16(13-2-1-4-18-10-13)21-6-8-24-9-7-21/h1-2,4,10,12,16H,3,5-9,11H2,(H,19,20)/t16-/m1/s1. The van der Waals surface area contributed by atoms with Crippen LogP contribution in [0.15, 0.2) is 30.9 Å². The minimum absolute atomic E-state index is 0.130. The van der Waals surface area contributed by atoms with Gasteiger partial charge in [0.1, 0.15) is 6.04 Å². The smallest absolute Gasteiger partial charge is 0.244 e. The van der Waals surface area contributed by atoms with E-state index in [4.69, 9.17) is 4.74 Å². The minimum atomic E-state index is -0.299. The monoisotopic (exact) mass is 327 g/mol. The van der Waals surface area contributed by atoms with Crippen LogP contribution in [0.25, 0.3) is 0 Å². The molecule has 1 N–H and O–H groups in total. The summed E-state index contributed by atoms with van der Waals surface area (Å²) in [6.07, 6.45) is 6.04. The van der Waals surface area contributed by atoms with Crippen molar-refractivity contribution in [2.45, 2.75) is 19.0 Å². The molecule has 7 nitrogen and oxygen atoms in total. The summed E-state index contributed by atoms with van der Waals surface area (Å²) in [5.74, 6) is 0.130. The van der Waals surface area contributed by atoms with Crippen molar-refractivity contribution in [1.82, 2.24) is 24.8 Å². The van der Waals surface area contributed by atoms with Crippen LogP contribution in [-0.4, -0.2) is 63.5 Å². The van der Waals surface area contributed by atoms with Crippen molar-refractivity contribution in [1.29, 1.82) is 0 Å². The van der Waals surface area contributed by atoms with Crippen molar-refractivity contribution in [3.8, 4) is 0 Å². The Kier molecular flexibility index (Phi) is 4.27. The van der Waals surface area contributed by atoms with Crippen LogP contribution < -0.4 is 0 Å². The molecule has 1 atom stereocenters. The van der Waals surface area contributed by atoms with E-state index in [0.717, 1.165) is 36.5 Å². The fraction of sp³-hybridized carbons (Fsp3) is 0.471. The number of fused-ring (bicyclic) bond motifs is 1. The van der Waals surface area contributed by atoms with Crippen molar-refractivity contribution in [2.24, 2.45) is 0 Å². The van der Waals surface area contributed by atoms with Gasteiger partial charge in [-0.05, 0) is 11.6 Å². The first-order chi connectivity index (χ1) is 11.8. The van der Waals surface area contributed by atoms with Gasteiger partial charge in [-0.15, -0.1) is 0 Å². The molecule has 2 aliphatic rings. The molecule has 1 saturated heterocycles. The zero-order valence-electron chi connectivity index (χ0n) is 13.5. The molecule has 4 rings (SSSR count). The summed E-state index contributed by atoms with van der Waals surface area (Å²) >= 11 is 0. The first kappa shape index (κ1) is 15.3. The largest absolute Gasteiger partial charge is 0.379 e. The van der Waals surface area contributed by atoms with E-state index in [1.54, 1.807) is 18.7 Å². The molecule has 4 heterocycles. The summed E-state index contributed by atoms with van der Waals surface area (Å²) in [4.78, 5) is 29.1. The average Bonchev–Trinajstić information content (AvgIpc) is 3.11. The predicted octanol–water partition coefficient (Wildman–Crippen LogP) is 0.763. The number of carbonyl (C=O) groups excluding carboxylic acids is 1. The van der Waals surface area contributed by atoms with Crippen LogP contribution in [0.4, 0.5) is 0 Å². The second kappa shape index (κ2) is 6.70. The molecule has 0 saturated carbocycles. The number of nitrogens with zero attached hydrogens (tertiary/aromatic N) is 4. The molecule has 7 heteroatoms. The number of rotatable bonds is 3. The SMILES string of the molecule is O=C([C@@H](c1cccnc1)N1CCOCC1)N1CCc2nc[nH]c2C1. The number of amides is 1. The third-order valence-corrected chi connectivity index (χ3v) is 4.73. The maximum atomic E-state index is 13.3. The van der Waals surface area contributed by atoms with Crippen molar-refractivity contribution >= 4 is 5.91 Å². The molecule has 2 aromatic heterocycles. The number of ether oxygens (including phenoxy) is 1. The van der Waals surface area contributed by atoms with Crippen molar-refractivity contribution in [3.05, 3.63) is 47.8 Å². The maximum Gasteiger partial charge on any atom is 0.244 e. The number of imidazole rings is 1. The Morgan fingerprint density at radius 2 is 2.17 bits per heavy atom. The Morgan fingerprint density at radius 1 is 1.29 bits per heavy atom. The topological polar surface area (TPSA) is 74.4 Å². The first-order valence-electron chi connectivity index (χ1n) is 8.34. The molecule has 0 unspecified atom stereocenters. The first-order valence-corrected chi connectivity index (χ1v) is 8.34. The van der Waals surface area contributed by atoms with Gasteiger partial charge in [0.2, 0.25) is 5.91 Å². The number of hydrogen-bond acceptors (Lipinski definition) is 5. The third-order valence-electron chi connectivity index (χ3n) is 4.73. The molecule has 126 valence electrons. The maximum absolute atomic E-state index is 13.3. The Hall–Kier alpha value is -2.25. The van der Waals surface area contributed by atoms with Crippen molar-refractivity contribution < 1.29 is 9.53 Å². The number of carbonyl (C=O) groups is 1. The lowest BCUT2D eigenvalue weighted by atomic mass is 10.0. The molecular formula is C17H21N5O2. The highest BCUT2D eigenvalue weighted by molar-refractivity contribution is 5.83. The van der Waals surface area contributed by atoms with Gasteiger partial charge >= 0.3 is 0 Å². The van der Waals surface area contributed by atoms with E-state index < -0.39 is 0 Å². The summed E-state index contributed by atoms with van der Waals surface area (Å²) in [7, 11) is 0. The van der Waals surface area contributed by atoms with Crippen LogP contribution in [0.1, 0.15) is 23.0 Å². The van der Waals surface area contributed by atoms with Crippen LogP contribution in [0.5, 0.6) is 0 Å². The van der Waals surface area contributed by atoms with Crippen LogP contribution in [0.2, 0.25) is 0 Å². The summed E-state index contributed by atoms with van der Waals surface area (Å²) in [6, 6.07) is 3.57. The van der Waals surface area contributed by atoms with Gasteiger partial charge in [0, 0.05) is 38.4 Å². The number of aromatic nitrogens is 3. The fourth-order valence-corrected chi connectivity index (χ4v) is 3.46. The van der Waals surface area contributed by atoms with Gasteiger partial charge in [-0.3, -0.25) is 14.7 Å². The number of pyridine rings is 1. The van der Waals surface area contributed by atoms with Gasteiger partial charge in [0.05, 0.1) is 37.5 Å². The predicted molar refractivity (Wildman–Crippen MR) is 87.1 cm³/mol. The molecule has 0 bridgehead atoms. The minimum Gasteiger partial charge on any atom is -0.379 e. The lowest BCUT2D eigenvalue weighted by Crippen LogP contribution is -2.48. The van der Waals surface area contributed by atoms with Gasteiger partial charge in [0.25, 0.3) is 0 Å². The van der Waals surface area contributed by atoms with E-state index in [-0.39, 0.29) is 11.9 Å². The van der Waals surface area contributed by atoms with Crippen LogP contribution >= 0.6 is 0 Å². The number of H-pyrrole nitrogens is 1. The van der Waals surface area contributed by atoms with Gasteiger partial charge in [-0.1, -0.05) is 6.07 Å². The lowest BCUT2D eigenvalue weighted by molar-refractivity contribution is -0.140. The number of hydrogen-bond donors (Lipinski definition) is 1. The fourth-order valence-electron chi connectivity index (χ4n) is 3.46. The molecule has 2 aromatic rings. The Morgan fingerprint density at radius 3 is 2.96 bits per heavy atom.